The summed E-state index contributed by atoms with van der Waals surface area (Å²) >= 11 is 1.16. The topological polar surface area (TPSA) is 34.0 Å². The summed E-state index contributed by atoms with van der Waals surface area (Å²) in [5, 5.41) is 1.63. The van der Waals surface area contributed by atoms with Crippen molar-refractivity contribution in [2.24, 2.45) is 0 Å². The number of alkyl halides is 6. The monoisotopic (exact) mass is 1240 g/mol. The molecule has 4 nitrogen and oxygen atoms in total. The highest BCUT2D eigenvalue weighted by Crippen LogP contribution is 2.45. The molecule has 2 aromatic heterocycles. The van der Waals surface area contributed by atoms with Gasteiger partial charge in [-0.2, -0.15) is 35.1 Å². The Bertz CT molecular complexity index is 5050. The molecule has 0 aliphatic rings. The fraction of sp³-hybridized carbons (Fsp3) is 0.0244. The molecule has 0 saturated carbocycles. The summed E-state index contributed by atoms with van der Waals surface area (Å²) in [5.41, 5.74) is 20.8. The lowest BCUT2D eigenvalue weighted by atomic mass is 9.85. The van der Waals surface area contributed by atoms with Gasteiger partial charge in [-0.3, -0.25) is 0 Å². The van der Waals surface area contributed by atoms with Gasteiger partial charge in [0.25, 0.3) is 0 Å². The van der Waals surface area contributed by atoms with Gasteiger partial charge in [-0.25, -0.2) is 0 Å². The van der Waals surface area contributed by atoms with Crippen molar-refractivity contribution in [3.05, 3.63) is 349 Å². The van der Waals surface area contributed by atoms with Gasteiger partial charge in [0.05, 0.1) is 39.6 Å². The number of benzene rings is 13. The second kappa shape index (κ2) is 24.1. The molecule has 15 aromatic rings. The van der Waals surface area contributed by atoms with Gasteiger partial charge in [-0.05, 0) is 181 Å². The van der Waals surface area contributed by atoms with E-state index >= 15 is 0 Å². The number of anilines is 3. The molecule has 0 bridgehead atoms. The molecule has 13 aromatic carbocycles. The van der Waals surface area contributed by atoms with Crippen LogP contribution < -0.4 is 4.90 Å². The molecule has 0 aliphatic heterocycles. The van der Waals surface area contributed by atoms with E-state index in [1.807, 2.05) is 66.7 Å². The predicted octanol–water partition coefficient (Wildman–Crippen LogP) is 23.6. The van der Waals surface area contributed by atoms with E-state index in [-0.39, 0.29) is 0 Å². The normalized spacial score (nSPS) is 11.8. The Hall–Kier alpha value is -11.4. The van der Waals surface area contributed by atoms with Crippen molar-refractivity contribution < 1.29 is 26.3 Å². The lowest BCUT2D eigenvalue weighted by molar-refractivity contribution is -0.138. The van der Waals surface area contributed by atoms with Crippen LogP contribution in [0.4, 0.5) is 43.4 Å². The third-order valence-electron chi connectivity index (χ3n) is 17.2. The molecule has 0 radical (unpaired) electrons. The summed E-state index contributed by atoms with van der Waals surface area (Å²) in [7, 11) is 0. The average molecular weight is 1240 g/mol. The van der Waals surface area contributed by atoms with Gasteiger partial charge < -0.3 is 9.47 Å². The molecule has 448 valence electrons. The Morgan fingerprint density at radius 3 is 1.09 bits per heavy atom. The smallest absolute Gasteiger partial charge is 0.309 e. The summed E-state index contributed by atoms with van der Waals surface area (Å²) < 4.78 is 93.8. The predicted molar refractivity (Wildman–Crippen MR) is 368 cm³/mol. The van der Waals surface area contributed by atoms with E-state index in [0.717, 1.165) is 158 Å². The molecule has 0 atom stereocenters. The highest BCUT2D eigenvalue weighted by molar-refractivity contribution is 7.00. The largest absolute Gasteiger partial charge is 0.416 e. The Balaban J connectivity index is 0.785. The van der Waals surface area contributed by atoms with Gasteiger partial charge in [0.15, 0.2) is 0 Å². The van der Waals surface area contributed by atoms with E-state index in [2.05, 4.69) is 210 Å². The zero-order valence-electron chi connectivity index (χ0n) is 49.5. The fourth-order valence-corrected chi connectivity index (χ4v) is 13.2. The number of nitrogens with zero attached hydrogens (tertiary/aromatic N) is 4. The highest BCUT2D eigenvalue weighted by Gasteiger charge is 2.31. The number of hydrogen-bond donors (Lipinski definition) is 0. The molecule has 15 rings (SSSR count). The first-order chi connectivity index (χ1) is 45.4. The molecule has 11 heteroatoms. The molecule has 0 aliphatic carbocycles. The maximum atomic E-state index is 13.6. The zero-order chi connectivity index (χ0) is 63.2. The van der Waals surface area contributed by atoms with Crippen molar-refractivity contribution >= 4 is 72.8 Å². The van der Waals surface area contributed by atoms with Gasteiger partial charge in [-0.15, -0.1) is 0 Å². The maximum Gasteiger partial charge on any atom is 0.416 e. The molecule has 0 N–H and O–H groups in total. The van der Waals surface area contributed by atoms with Crippen LogP contribution in [0, 0.1) is 0 Å². The van der Waals surface area contributed by atoms with Crippen LogP contribution in [0.1, 0.15) is 33.4 Å². The van der Waals surface area contributed by atoms with Crippen molar-refractivity contribution in [3.63, 3.8) is 0 Å². The van der Waals surface area contributed by atoms with Crippen LogP contribution in [0.5, 0.6) is 0 Å². The first kappa shape index (κ1) is 58.0. The van der Waals surface area contributed by atoms with Crippen molar-refractivity contribution in [2.75, 3.05) is 4.90 Å². The quantitative estimate of drug-likeness (QED) is 0.0852. The van der Waals surface area contributed by atoms with Crippen molar-refractivity contribution in [1.29, 1.82) is 0 Å². The standard InChI is InChI=1S/C82H52F6N4S/c83-81(84,85)66-37-25-57(26-38-66)64-35-48-74-72(51-64)73-52-65(58-27-39-67(40-28-58)82(86,87)88)36-49-75(73)92(74)70-45-33-59(34-46-70)71-47-50-76(80-79(71)89-93-90-80)91(68-41-29-55(30-42-68)53-13-5-1-6-14-53)69-43-31-56(32-44-69)54-21-23-63(24-22-54)78(62-19-11-4-12-20-62)77(60-15-7-2-8-16-60)61-17-9-3-10-18-61/h1-52H. The van der Waals surface area contributed by atoms with Gasteiger partial charge >= 0.3 is 12.4 Å². The SMILES string of the molecule is FC(F)(F)c1ccc(-c2ccc3c(c2)c2cc(-c4ccc(C(F)(F)F)cc4)ccc2n3-c2ccc(-c3ccc(N(c4ccc(-c5ccccc5)cc4)c4ccc(-c5ccc(C(=C(c6ccccc6)c6ccccc6)c6ccccc6)cc5)cc4)c4nsnc34)cc2)cc1. The second-order valence-corrected chi connectivity index (χ2v) is 23.3. The summed E-state index contributed by atoms with van der Waals surface area (Å²) in [5.74, 6) is 0. The molecular weight excluding hydrogens is 1190 g/mol. The third kappa shape index (κ3) is 11.3. The van der Waals surface area contributed by atoms with Crippen LogP contribution in [-0.4, -0.2) is 13.3 Å². The van der Waals surface area contributed by atoms with Crippen LogP contribution in [0.3, 0.4) is 0 Å². The van der Waals surface area contributed by atoms with Gasteiger partial charge in [-0.1, -0.05) is 218 Å². The average Bonchev–Trinajstić information content (AvgIpc) is 1.62. The van der Waals surface area contributed by atoms with Gasteiger partial charge in [0.1, 0.15) is 11.0 Å². The second-order valence-electron chi connectivity index (χ2n) is 22.8. The Labute approximate surface area is 536 Å². The minimum Gasteiger partial charge on any atom is -0.309 e. The van der Waals surface area contributed by atoms with E-state index in [1.54, 1.807) is 0 Å². The molecule has 0 saturated heterocycles. The number of fused-ring (bicyclic) bond motifs is 4. The minimum atomic E-state index is -4.48. The Morgan fingerprint density at radius 2 is 0.656 bits per heavy atom. The number of hydrogen-bond acceptors (Lipinski definition) is 4. The molecular formula is C82H52F6N4S. The highest BCUT2D eigenvalue weighted by atomic mass is 32.1. The molecule has 0 unspecified atom stereocenters. The van der Waals surface area contributed by atoms with E-state index < -0.39 is 23.5 Å². The molecule has 0 fully saturated rings. The Kier molecular flexibility index (Phi) is 15.0. The molecule has 0 spiro atoms. The summed E-state index contributed by atoms with van der Waals surface area (Å²) in [6.07, 6.45) is -8.97. The van der Waals surface area contributed by atoms with Gasteiger partial charge in [0.2, 0.25) is 0 Å². The number of halogens is 6. The van der Waals surface area contributed by atoms with Crippen LogP contribution in [-0.2, 0) is 12.4 Å². The third-order valence-corrected chi connectivity index (χ3v) is 17.8. The van der Waals surface area contributed by atoms with Crippen LogP contribution in [0.25, 0.3) is 105 Å². The van der Waals surface area contributed by atoms with Crippen LogP contribution in [0.2, 0.25) is 0 Å². The first-order valence-corrected chi connectivity index (χ1v) is 31.0. The summed E-state index contributed by atoms with van der Waals surface area (Å²) in [4.78, 5) is 2.23. The first-order valence-electron chi connectivity index (χ1n) is 30.2. The fourth-order valence-electron chi connectivity index (χ4n) is 12.6. The maximum absolute atomic E-state index is 13.6. The summed E-state index contributed by atoms with van der Waals surface area (Å²) in [6.45, 7) is 0. The molecule has 2 heterocycles. The molecule has 93 heavy (non-hydrogen) atoms. The number of aromatic nitrogens is 3. The lowest BCUT2D eigenvalue weighted by Gasteiger charge is -2.26. The number of rotatable bonds is 13. The van der Waals surface area contributed by atoms with E-state index in [1.165, 1.54) is 24.3 Å². The lowest BCUT2D eigenvalue weighted by Crippen LogP contribution is -2.10. The van der Waals surface area contributed by atoms with E-state index in [4.69, 9.17) is 8.75 Å². The van der Waals surface area contributed by atoms with E-state index in [0.29, 0.717) is 22.3 Å². The minimum absolute atomic E-state index is 0.603. The summed E-state index contributed by atoms with van der Waals surface area (Å²) in [6, 6.07) is 102. The van der Waals surface area contributed by atoms with E-state index in [9.17, 15) is 26.3 Å². The van der Waals surface area contributed by atoms with Crippen LogP contribution in [0.15, 0.2) is 315 Å². The zero-order valence-corrected chi connectivity index (χ0v) is 50.3. The molecule has 0 amide bonds. The van der Waals surface area contributed by atoms with Crippen LogP contribution >= 0.6 is 11.7 Å². The van der Waals surface area contributed by atoms with Crippen molar-refractivity contribution in [2.45, 2.75) is 12.4 Å². The van der Waals surface area contributed by atoms with Crippen molar-refractivity contribution in [1.82, 2.24) is 13.3 Å². The van der Waals surface area contributed by atoms with Gasteiger partial charge in [0, 0.05) is 33.4 Å². The Morgan fingerprint density at radius 1 is 0.312 bits per heavy atom. The van der Waals surface area contributed by atoms with Crippen molar-refractivity contribution in [3.8, 4) is 61.3 Å².